The molecule has 0 radical (unpaired) electrons. The monoisotopic (exact) mass is 160 g/mol. The Morgan fingerprint density at radius 3 is 2.55 bits per heavy atom. The van der Waals surface area contributed by atoms with Gasteiger partial charge in [-0.1, -0.05) is 18.2 Å². The van der Waals surface area contributed by atoms with Gasteiger partial charge in [0.1, 0.15) is 0 Å². The number of halogens is 3. The van der Waals surface area contributed by atoms with Gasteiger partial charge in [-0.25, -0.2) is 13.2 Å². The van der Waals surface area contributed by atoms with E-state index in [9.17, 15) is 13.2 Å². The van der Waals surface area contributed by atoms with Crippen LogP contribution in [0.5, 0.6) is 0 Å². The van der Waals surface area contributed by atoms with Crippen LogP contribution in [0.2, 0.25) is 0 Å². The zero-order valence-electron chi connectivity index (χ0n) is 5.68. The molecular weight excluding hydrogens is 153 g/mol. The van der Waals surface area contributed by atoms with Crippen molar-refractivity contribution in [2.45, 2.75) is 5.92 Å². The number of hydrogen-bond acceptors (Lipinski definition) is 0. The highest BCUT2D eigenvalue weighted by Crippen LogP contribution is 2.31. The van der Waals surface area contributed by atoms with Gasteiger partial charge in [0.2, 0.25) is 0 Å². The molecule has 0 bridgehead atoms. The average molecular weight is 160 g/mol. The minimum Gasteiger partial charge on any atom is -0.216 e. The van der Waals surface area contributed by atoms with Gasteiger partial charge in [0.25, 0.3) is 5.92 Å². The van der Waals surface area contributed by atoms with Gasteiger partial charge in [-0.3, -0.25) is 0 Å². The fourth-order valence-electron chi connectivity index (χ4n) is 0.878. The standard InChI is InChI=1S/C8H7F3/c9-6-4-7-3-1-2-5-8(7,10)11/h1-7H/b6-4+/t7-/m0/s1. The van der Waals surface area contributed by atoms with E-state index in [1.54, 1.807) is 0 Å². The highest BCUT2D eigenvalue weighted by molar-refractivity contribution is 5.22. The van der Waals surface area contributed by atoms with E-state index in [1.807, 2.05) is 0 Å². The van der Waals surface area contributed by atoms with Gasteiger partial charge in [0.15, 0.2) is 0 Å². The van der Waals surface area contributed by atoms with Crippen molar-refractivity contribution in [2.75, 3.05) is 0 Å². The van der Waals surface area contributed by atoms with Crippen LogP contribution in [0.4, 0.5) is 13.2 Å². The number of alkyl halides is 2. The third-order valence-electron chi connectivity index (χ3n) is 1.47. The predicted octanol–water partition coefficient (Wildman–Crippen LogP) is 2.85. The van der Waals surface area contributed by atoms with E-state index in [0.717, 1.165) is 12.2 Å². The second-order valence-electron chi connectivity index (χ2n) is 2.26. The zero-order chi connectivity index (χ0) is 8.32. The van der Waals surface area contributed by atoms with Crippen LogP contribution in [-0.4, -0.2) is 5.92 Å². The molecule has 3 heteroatoms. The molecule has 0 nitrogen and oxygen atoms in total. The lowest BCUT2D eigenvalue weighted by Gasteiger charge is -2.19. The van der Waals surface area contributed by atoms with E-state index >= 15 is 0 Å². The van der Waals surface area contributed by atoms with Crippen molar-refractivity contribution >= 4 is 0 Å². The summed E-state index contributed by atoms with van der Waals surface area (Å²) in [5, 5.41) is 0. The Hall–Kier alpha value is -0.990. The fraction of sp³-hybridized carbons (Fsp3) is 0.250. The largest absolute Gasteiger partial charge is 0.276 e. The first-order valence-electron chi connectivity index (χ1n) is 3.17. The molecule has 0 saturated carbocycles. The summed E-state index contributed by atoms with van der Waals surface area (Å²) in [5.41, 5.74) is 0. The Morgan fingerprint density at radius 2 is 2.00 bits per heavy atom. The van der Waals surface area contributed by atoms with Crippen LogP contribution < -0.4 is 0 Å². The molecule has 0 aromatic rings. The Morgan fingerprint density at radius 1 is 1.27 bits per heavy atom. The molecule has 60 valence electrons. The summed E-state index contributed by atoms with van der Waals surface area (Å²) in [5.74, 6) is -4.09. The van der Waals surface area contributed by atoms with Crippen LogP contribution in [-0.2, 0) is 0 Å². The minimum absolute atomic E-state index is 0.141. The Bertz CT molecular complexity index is 213. The van der Waals surface area contributed by atoms with Crippen LogP contribution in [0.3, 0.4) is 0 Å². The van der Waals surface area contributed by atoms with Crippen molar-refractivity contribution < 1.29 is 13.2 Å². The molecule has 0 aromatic heterocycles. The highest BCUT2D eigenvalue weighted by atomic mass is 19.3. The van der Waals surface area contributed by atoms with Crippen LogP contribution in [0.25, 0.3) is 0 Å². The second-order valence-corrected chi connectivity index (χ2v) is 2.26. The Kier molecular flexibility index (Phi) is 2.17. The molecule has 0 heterocycles. The first-order valence-corrected chi connectivity index (χ1v) is 3.17. The van der Waals surface area contributed by atoms with Gasteiger partial charge in [0.05, 0.1) is 12.2 Å². The molecule has 0 amide bonds. The van der Waals surface area contributed by atoms with Crippen molar-refractivity contribution in [1.82, 2.24) is 0 Å². The first kappa shape index (κ1) is 8.11. The third kappa shape index (κ3) is 1.73. The molecule has 0 fully saturated rings. The van der Waals surface area contributed by atoms with Gasteiger partial charge in [-0.05, 0) is 12.2 Å². The lowest BCUT2D eigenvalue weighted by Crippen LogP contribution is -2.23. The van der Waals surface area contributed by atoms with Crippen molar-refractivity contribution in [1.29, 1.82) is 0 Å². The van der Waals surface area contributed by atoms with Gasteiger partial charge in [-0.2, -0.15) is 0 Å². The molecule has 0 spiro atoms. The topological polar surface area (TPSA) is 0 Å². The maximum absolute atomic E-state index is 12.7. The van der Waals surface area contributed by atoms with Crippen molar-refractivity contribution in [3.05, 3.63) is 36.7 Å². The molecule has 1 atom stereocenters. The van der Waals surface area contributed by atoms with Crippen molar-refractivity contribution in [3.8, 4) is 0 Å². The van der Waals surface area contributed by atoms with Gasteiger partial charge >= 0.3 is 0 Å². The molecule has 0 unspecified atom stereocenters. The average Bonchev–Trinajstić information content (AvgIpc) is 1.94. The molecule has 0 aromatic carbocycles. The third-order valence-corrected chi connectivity index (χ3v) is 1.47. The first-order chi connectivity index (χ1) is 5.17. The fourth-order valence-corrected chi connectivity index (χ4v) is 0.878. The highest BCUT2D eigenvalue weighted by Gasteiger charge is 2.34. The summed E-state index contributed by atoms with van der Waals surface area (Å²) in [6.07, 6.45) is 5.72. The quantitative estimate of drug-likeness (QED) is 0.553. The molecule has 0 aliphatic heterocycles. The minimum atomic E-state index is -2.95. The summed E-state index contributed by atoms with van der Waals surface area (Å²) in [4.78, 5) is 0. The molecule has 1 rings (SSSR count). The summed E-state index contributed by atoms with van der Waals surface area (Å²) < 4.78 is 36.9. The van der Waals surface area contributed by atoms with E-state index in [4.69, 9.17) is 0 Å². The van der Waals surface area contributed by atoms with Crippen LogP contribution in [0, 0.1) is 5.92 Å². The van der Waals surface area contributed by atoms with Gasteiger partial charge < -0.3 is 0 Å². The van der Waals surface area contributed by atoms with Crippen LogP contribution in [0.15, 0.2) is 36.7 Å². The summed E-state index contributed by atoms with van der Waals surface area (Å²) in [7, 11) is 0. The second kappa shape index (κ2) is 2.95. The van der Waals surface area contributed by atoms with Crippen molar-refractivity contribution in [3.63, 3.8) is 0 Å². The zero-order valence-corrected chi connectivity index (χ0v) is 5.68. The molecule has 0 saturated heterocycles. The van der Waals surface area contributed by atoms with E-state index in [1.165, 1.54) is 18.2 Å². The molecule has 0 N–H and O–H groups in total. The molecule has 11 heavy (non-hydrogen) atoms. The summed E-state index contributed by atoms with van der Waals surface area (Å²) in [6.45, 7) is 0. The Labute approximate surface area is 62.7 Å². The van der Waals surface area contributed by atoms with Gasteiger partial charge in [-0.15, -0.1) is 0 Å². The SMILES string of the molecule is F/C=C/[C@@H]1C=CC=CC1(F)F. The van der Waals surface area contributed by atoms with E-state index in [-0.39, 0.29) is 6.33 Å². The lowest BCUT2D eigenvalue weighted by molar-refractivity contribution is 0.0265. The maximum Gasteiger partial charge on any atom is 0.276 e. The van der Waals surface area contributed by atoms with E-state index in [2.05, 4.69) is 0 Å². The summed E-state index contributed by atoms with van der Waals surface area (Å²) >= 11 is 0. The molecule has 1 aliphatic carbocycles. The molecule has 1 aliphatic rings. The van der Waals surface area contributed by atoms with Crippen LogP contribution in [0.1, 0.15) is 0 Å². The Balaban J connectivity index is 2.80. The lowest BCUT2D eigenvalue weighted by atomic mass is 9.97. The predicted molar refractivity (Wildman–Crippen MR) is 37.0 cm³/mol. The number of rotatable bonds is 1. The normalized spacial score (nSPS) is 28.1. The number of allylic oxidation sites excluding steroid dienone is 5. The van der Waals surface area contributed by atoms with Crippen molar-refractivity contribution in [2.24, 2.45) is 5.92 Å². The van der Waals surface area contributed by atoms with Crippen LogP contribution >= 0.6 is 0 Å². The van der Waals surface area contributed by atoms with E-state index < -0.39 is 11.8 Å². The van der Waals surface area contributed by atoms with E-state index in [0.29, 0.717) is 0 Å². The maximum atomic E-state index is 12.7. The molecular formula is C8H7F3. The smallest absolute Gasteiger partial charge is 0.216 e. The summed E-state index contributed by atoms with van der Waals surface area (Å²) in [6, 6.07) is 0. The van der Waals surface area contributed by atoms with Gasteiger partial charge in [0, 0.05) is 0 Å². The number of hydrogen-bond donors (Lipinski definition) is 0.